The molecule has 1 heterocycles. The maximum absolute atomic E-state index is 11.7. The molecule has 1 saturated heterocycles. The van der Waals surface area contributed by atoms with E-state index in [9.17, 15) is 4.79 Å². The van der Waals surface area contributed by atoms with Gasteiger partial charge in [0, 0.05) is 12.8 Å². The molecule has 26 heavy (non-hydrogen) atoms. The SMILES string of the molecule is CC(=O)O[C@@H]1C(C)=C[C@@H]2[C@@H](C(C)=C(Cl)Cl)CC[C@H](C)[C@@]23OC(C)(C)O[C@@H]13. The molecule has 3 rings (SSSR count). The molecule has 0 radical (unpaired) electrons. The first-order valence-electron chi connectivity index (χ1n) is 9.25. The minimum absolute atomic E-state index is 0.0670. The molecule has 0 aromatic heterocycles. The Morgan fingerprint density at radius 1 is 1.27 bits per heavy atom. The van der Waals surface area contributed by atoms with Crippen LogP contribution in [0.15, 0.2) is 21.7 Å². The highest BCUT2D eigenvalue weighted by Gasteiger charge is 2.67. The van der Waals surface area contributed by atoms with Crippen LogP contribution in [0, 0.1) is 17.8 Å². The first-order chi connectivity index (χ1) is 12.0. The molecule has 2 aliphatic carbocycles. The first-order valence-corrected chi connectivity index (χ1v) is 10.0. The molecule has 146 valence electrons. The van der Waals surface area contributed by atoms with Gasteiger partial charge < -0.3 is 14.2 Å². The van der Waals surface area contributed by atoms with Crippen molar-refractivity contribution in [3.05, 3.63) is 21.7 Å². The van der Waals surface area contributed by atoms with Crippen molar-refractivity contribution in [3.8, 4) is 0 Å². The summed E-state index contributed by atoms with van der Waals surface area (Å²) in [4.78, 5) is 11.7. The zero-order valence-corrected chi connectivity index (χ0v) is 17.8. The molecule has 6 atom stereocenters. The zero-order chi connectivity index (χ0) is 19.4. The molecule has 4 nitrogen and oxygen atoms in total. The van der Waals surface area contributed by atoms with Gasteiger partial charge in [-0.2, -0.15) is 0 Å². The van der Waals surface area contributed by atoms with E-state index in [1.54, 1.807) is 0 Å². The molecular formula is C20H28Cl2O4. The van der Waals surface area contributed by atoms with Gasteiger partial charge in [0.1, 0.15) is 16.2 Å². The van der Waals surface area contributed by atoms with Crippen molar-refractivity contribution in [1.82, 2.24) is 0 Å². The van der Waals surface area contributed by atoms with E-state index in [2.05, 4.69) is 13.0 Å². The third-order valence-electron chi connectivity index (χ3n) is 6.23. The van der Waals surface area contributed by atoms with Crippen LogP contribution in [0.25, 0.3) is 0 Å². The Morgan fingerprint density at radius 2 is 1.92 bits per heavy atom. The van der Waals surface area contributed by atoms with E-state index in [0.717, 1.165) is 24.0 Å². The van der Waals surface area contributed by atoms with Crippen LogP contribution < -0.4 is 0 Å². The van der Waals surface area contributed by atoms with Gasteiger partial charge in [0.05, 0.1) is 0 Å². The summed E-state index contributed by atoms with van der Waals surface area (Å²) in [6.07, 6.45) is 3.35. The van der Waals surface area contributed by atoms with Crippen LogP contribution in [0.3, 0.4) is 0 Å². The summed E-state index contributed by atoms with van der Waals surface area (Å²) in [6.45, 7) is 11.4. The van der Waals surface area contributed by atoms with Crippen LogP contribution in [-0.2, 0) is 19.0 Å². The number of halogens is 2. The molecule has 1 aliphatic heterocycles. The molecule has 1 spiro atoms. The minimum Gasteiger partial charge on any atom is -0.455 e. The average molecular weight is 403 g/mol. The van der Waals surface area contributed by atoms with Gasteiger partial charge in [-0.05, 0) is 63.5 Å². The number of hydrogen-bond acceptors (Lipinski definition) is 4. The van der Waals surface area contributed by atoms with Gasteiger partial charge in [-0.3, -0.25) is 4.79 Å². The lowest BCUT2D eigenvalue weighted by Crippen LogP contribution is -2.62. The number of allylic oxidation sites excluding steroid dienone is 1. The highest BCUT2D eigenvalue weighted by atomic mass is 35.5. The number of ether oxygens (including phenoxy) is 3. The summed E-state index contributed by atoms with van der Waals surface area (Å²) in [6, 6.07) is 0. The monoisotopic (exact) mass is 402 g/mol. The Labute approximate surface area is 165 Å². The lowest BCUT2D eigenvalue weighted by atomic mass is 9.56. The Hall–Kier alpha value is -0.550. The molecule has 0 aromatic rings. The van der Waals surface area contributed by atoms with Crippen molar-refractivity contribution >= 4 is 29.2 Å². The predicted octanol–water partition coefficient (Wildman–Crippen LogP) is 5.14. The number of rotatable bonds is 2. The second-order valence-electron chi connectivity index (χ2n) is 8.39. The molecule has 2 fully saturated rings. The lowest BCUT2D eigenvalue weighted by Gasteiger charge is -2.54. The van der Waals surface area contributed by atoms with Gasteiger partial charge in [-0.1, -0.05) is 36.2 Å². The Bertz CT molecular complexity index is 665. The first kappa shape index (κ1) is 20.2. The molecule has 0 unspecified atom stereocenters. The van der Waals surface area contributed by atoms with E-state index in [0.29, 0.717) is 4.49 Å². The van der Waals surface area contributed by atoms with Gasteiger partial charge >= 0.3 is 5.97 Å². The number of carbonyl (C=O) groups excluding carboxylic acids is 1. The summed E-state index contributed by atoms with van der Waals surface area (Å²) in [7, 11) is 0. The van der Waals surface area contributed by atoms with E-state index in [1.807, 2.05) is 27.7 Å². The van der Waals surface area contributed by atoms with Crippen LogP contribution in [-0.4, -0.2) is 29.6 Å². The van der Waals surface area contributed by atoms with Crippen LogP contribution >= 0.6 is 23.2 Å². The van der Waals surface area contributed by atoms with E-state index in [4.69, 9.17) is 37.4 Å². The van der Waals surface area contributed by atoms with E-state index < -0.39 is 17.5 Å². The summed E-state index contributed by atoms with van der Waals surface area (Å²) in [5, 5.41) is 0. The van der Waals surface area contributed by atoms with Crippen LogP contribution in [0.1, 0.15) is 54.4 Å². The van der Waals surface area contributed by atoms with Crippen molar-refractivity contribution in [2.45, 2.75) is 78.0 Å². The van der Waals surface area contributed by atoms with Crippen molar-refractivity contribution < 1.29 is 19.0 Å². The topological polar surface area (TPSA) is 44.8 Å². The highest BCUT2D eigenvalue weighted by molar-refractivity contribution is 6.56. The average Bonchev–Trinajstić information content (AvgIpc) is 2.81. The van der Waals surface area contributed by atoms with Crippen molar-refractivity contribution in [3.63, 3.8) is 0 Å². The normalized spacial score (nSPS) is 40.9. The molecule has 0 N–H and O–H groups in total. The van der Waals surface area contributed by atoms with Gasteiger partial charge in [-0.15, -0.1) is 0 Å². The smallest absolute Gasteiger partial charge is 0.303 e. The molecule has 3 aliphatic rings. The minimum atomic E-state index is -0.752. The van der Waals surface area contributed by atoms with E-state index >= 15 is 0 Å². The summed E-state index contributed by atoms with van der Waals surface area (Å²) >= 11 is 12.3. The van der Waals surface area contributed by atoms with Gasteiger partial charge in [-0.25, -0.2) is 0 Å². The van der Waals surface area contributed by atoms with Gasteiger partial charge in [0.15, 0.2) is 11.9 Å². The Morgan fingerprint density at radius 3 is 2.50 bits per heavy atom. The number of carbonyl (C=O) groups is 1. The second kappa shape index (κ2) is 6.80. The maximum Gasteiger partial charge on any atom is 0.303 e. The zero-order valence-electron chi connectivity index (χ0n) is 16.3. The molecular weight excluding hydrogens is 375 g/mol. The molecule has 0 bridgehead atoms. The van der Waals surface area contributed by atoms with Crippen molar-refractivity contribution in [2.75, 3.05) is 0 Å². The fourth-order valence-electron chi connectivity index (χ4n) is 5.14. The van der Waals surface area contributed by atoms with E-state index in [-0.39, 0.29) is 29.8 Å². The van der Waals surface area contributed by atoms with Gasteiger partial charge in [0.25, 0.3) is 0 Å². The largest absolute Gasteiger partial charge is 0.455 e. The number of esters is 1. The Balaban J connectivity index is 2.15. The third kappa shape index (κ3) is 3.13. The molecule has 1 saturated carbocycles. The summed E-state index contributed by atoms with van der Waals surface area (Å²) in [5.74, 6) is -0.579. The lowest BCUT2D eigenvalue weighted by molar-refractivity contribution is -0.193. The summed E-state index contributed by atoms with van der Waals surface area (Å²) in [5.41, 5.74) is 1.40. The summed E-state index contributed by atoms with van der Waals surface area (Å²) < 4.78 is 18.9. The van der Waals surface area contributed by atoms with Crippen molar-refractivity contribution in [1.29, 1.82) is 0 Å². The molecule has 0 aromatic carbocycles. The van der Waals surface area contributed by atoms with E-state index in [1.165, 1.54) is 6.92 Å². The van der Waals surface area contributed by atoms with Crippen molar-refractivity contribution in [2.24, 2.45) is 17.8 Å². The van der Waals surface area contributed by atoms with Crippen LogP contribution in [0.5, 0.6) is 0 Å². The predicted molar refractivity (Wildman–Crippen MR) is 102 cm³/mol. The number of hydrogen-bond donors (Lipinski definition) is 0. The quantitative estimate of drug-likeness (QED) is 0.473. The standard InChI is InChI=1S/C20H28Cl2O4/c1-10-9-15-14(12(3)18(21)22)8-7-11(2)20(15)17(16(10)24-13(4)23)25-19(5,6)26-20/h9,11,14-17H,7-8H2,1-6H3/t11-,14+,15+,16+,17-,20+/m0/s1. The molecule has 6 heteroatoms. The fourth-order valence-corrected chi connectivity index (χ4v) is 5.42. The van der Waals surface area contributed by atoms with Crippen LogP contribution in [0.4, 0.5) is 0 Å². The maximum atomic E-state index is 11.7. The highest BCUT2D eigenvalue weighted by Crippen LogP contribution is 2.59. The fraction of sp³-hybridized carbons (Fsp3) is 0.750. The van der Waals surface area contributed by atoms with Crippen LogP contribution in [0.2, 0.25) is 0 Å². The Kier molecular flexibility index (Phi) is 5.28. The second-order valence-corrected chi connectivity index (χ2v) is 9.34. The van der Waals surface area contributed by atoms with Gasteiger partial charge in [0.2, 0.25) is 0 Å². The third-order valence-corrected chi connectivity index (χ3v) is 6.82. The molecule has 0 amide bonds.